The van der Waals surface area contributed by atoms with E-state index in [0.29, 0.717) is 11.3 Å². The number of benzene rings is 1. The molecule has 0 fully saturated rings. The number of rotatable bonds is 1. The van der Waals surface area contributed by atoms with Gasteiger partial charge in [0.15, 0.2) is 0 Å². The van der Waals surface area contributed by atoms with Crippen molar-refractivity contribution in [3.05, 3.63) is 47.1 Å². The zero-order valence-corrected chi connectivity index (χ0v) is 11.2. The van der Waals surface area contributed by atoms with Crippen molar-refractivity contribution < 1.29 is 13.2 Å². The summed E-state index contributed by atoms with van der Waals surface area (Å²) in [6.07, 6.45) is -2.97. The van der Waals surface area contributed by atoms with E-state index >= 15 is 0 Å². The number of aromatic nitrogens is 2. The molecule has 102 valence electrons. The molecule has 6 heteroatoms. The van der Waals surface area contributed by atoms with Gasteiger partial charge in [-0.1, -0.05) is 12.1 Å². The average molecular weight is 294 g/mol. The first kappa shape index (κ1) is 13.1. The number of hydrogen-bond acceptors (Lipinski definition) is 3. The average Bonchev–Trinajstić information content (AvgIpc) is 2.77. The summed E-state index contributed by atoms with van der Waals surface area (Å²) in [5.41, 5.74) is 0.309. The number of nitrogens with zero attached hydrogens (tertiary/aromatic N) is 2. The molecule has 0 spiro atoms. The van der Waals surface area contributed by atoms with Gasteiger partial charge in [0.2, 0.25) is 0 Å². The largest absolute Gasteiger partial charge is 0.416 e. The van der Waals surface area contributed by atoms with Gasteiger partial charge in [-0.05, 0) is 25.1 Å². The number of alkyl halides is 3. The Morgan fingerprint density at radius 3 is 2.65 bits per heavy atom. The van der Waals surface area contributed by atoms with Crippen molar-refractivity contribution in [3.8, 4) is 11.3 Å². The van der Waals surface area contributed by atoms with Crippen molar-refractivity contribution in [2.75, 3.05) is 0 Å². The van der Waals surface area contributed by atoms with Crippen LogP contribution in [-0.2, 0) is 6.18 Å². The van der Waals surface area contributed by atoms with E-state index in [9.17, 15) is 13.2 Å². The van der Waals surface area contributed by atoms with Crippen LogP contribution in [0.3, 0.4) is 0 Å². The predicted octanol–water partition coefficient (Wildman–Crippen LogP) is 4.69. The van der Waals surface area contributed by atoms with Crippen molar-refractivity contribution >= 4 is 21.6 Å². The summed E-state index contributed by atoms with van der Waals surface area (Å²) in [5.74, 6) is 0. The first-order chi connectivity index (χ1) is 9.45. The second kappa shape index (κ2) is 4.56. The van der Waals surface area contributed by atoms with Gasteiger partial charge in [-0.3, -0.25) is 0 Å². The molecule has 0 amide bonds. The van der Waals surface area contributed by atoms with Gasteiger partial charge >= 0.3 is 6.18 Å². The van der Waals surface area contributed by atoms with Gasteiger partial charge in [0.1, 0.15) is 11.2 Å². The molecule has 0 aliphatic rings. The zero-order valence-electron chi connectivity index (χ0n) is 10.4. The van der Waals surface area contributed by atoms with Crippen molar-refractivity contribution in [2.45, 2.75) is 13.1 Å². The second-order valence-electron chi connectivity index (χ2n) is 4.38. The number of hydrogen-bond donors (Lipinski definition) is 0. The standard InChI is InChI=1S/C14H9F3N2S/c1-8-5-11-12(18-7-19-13(11)20-8)9-3-2-4-10(6-9)14(15,16)17/h2-7H,1H3. The molecule has 2 heterocycles. The summed E-state index contributed by atoms with van der Waals surface area (Å²) in [6, 6.07) is 7.10. The van der Waals surface area contributed by atoms with Crippen LogP contribution in [0, 0.1) is 6.92 Å². The van der Waals surface area contributed by atoms with E-state index in [1.54, 1.807) is 6.07 Å². The maximum Gasteiger partial charge on any atom is 0.416 e. The van der Waals surface area contributed by atoms with Crippen molar-refractivity contribution in [2.24, 2.45) is 0 Å². The van der Waals surface area contributed by atoms with Gasteiger partial charge in [-0.25, -0.2) is 9.97 Å². The van der Waals surface area contributed by atoms with E-state index in [0.717, 1.165) is 27.2 Å². The van der Waals surface area contributed by atoms with Crippen LogP contribution in [0.4, 0.5) is 13.2 Å². The first-order valence-electron chi connectivity index (χ1n) is 5.84. The molecule has 0 saturated carbocycles. The fraction of sp³-hybridized carbons (Fsp3) is 0.143. The molecule has 0 aliphatic carbocycles. The molecule has 2 nitrogen and oxygen atoms in total. The minimum absolute atomic E-state index is 0.449. The third kappa shape index (κ3) is 2.27. The van der Waals surface area contributed by atoms with E-state index in [1.807, 2.05) is 13.0 Å². The minimum Gasteiger partial charge on any atom is -0.236 e. The maximum absolute atomic E-state index is 12.8. The highest BCUT2D eigenvalue weighted by Crippen LogP contribution is 2.34. The van der Waals surface area contributed by atoms with Crippen molar-refractivity contribution in [1.29, 1.82) is 0 Å². The lowest BCUT2D eigenvalue weighted by Crippen LogP contribution is -2.04. The lowest BCUT2D eigenvalue weighted by Gasteiger charge is -2.08. The molecule has 0 unspecified atom stereocenters. The summed E-state index contributed by atoms with van der Waals surface area (Å²) >= 11 is 1.50. The van der Waals surface area contributed by atoms with Gasteiger partial charge < -0.3 is 0 Å². The highest BCUT2D eigenvalue weighted by molar-refractivity contribution is 7.18. The van der Waals surface area contributed by atoms with Crippen LogP contribution in [0.2, 0.25) is 0 Å². The zero-order chi connectivity index (χ0) is 14.3. The molecule has 3 aromatic rings. The molecule has 0 saturated heterocycles. The Morgan fingerprint density at radius 1 is 1.10 bits per heavy atom. The van der Waals surface area contributed by atoms with Crippen LogP contribution in [-0.4, -0.2) is 9.97 Å². The topological polar surface area (TPSA) is 25.8 Å². The normalized spacial score (nSPS) is 12.0. The Kier molecular flexibility index (Phi) is 2.97. The number of halogens is 3. The summed E-state index contributed by atoms with van der Waals surface area (Å²) < 4.78 is 38.3. The van der Waals surface area contributed by atoms with Crippen LogP contribution in [0.15, 0.2) is 36.7 Å². The Balaban J connectivity index is 2.21. The predicted molar refractivity (Wildman–Crippen MR) is 72.6 cm³/mol. The van der Waals surface area contributed by atoms with Crippen molar-refractivity contribution in [1.82, 2.24) is 9.97 Å². The van der Waals surface area contributed by atoms with Gasteiger partial charge in [-0.15, -0.1) is 11.3 Å². The smallest absolute Gasteiger partial charge is 0.236 e. The number of fused-ring (bicyclic) bond motifs is 1. The highest BCUT2D eigenvalue weighted by Gasteiger charge is 2.30. The monoisotopic (exact) mass is 294 g/mol. The molecule has 1 aromatic carbocycles. The Morgan fingerprint density at radius 2 is 1.90 bits per heavy atom. The van der Waals surface area contributed by atoms with E-state index in [2.05, 4.69) is 9.97 Å². The SMILES string of the molecule is Cc1cc2c(-c3cccc(C(F)(F)F)c3)ncnc2s1. The van der Waals surface area contributed by atoms with Gasteiger partial charge in [0, 0.05) is 15.8 Å². The summed E-state index contributed by atoms with van der Waals surface area (Å²) in [4.78, 5) is 10.1. The lowest BCUT2D eigenvalue weighted by atomic mass is 10.1. The molecule has 0 N–H and O–H groups in total. The Labute approximate surface area is 116 Å². The molecule has 0 aliphatic heterocycles. The molecular formula is C14H9F3N2S. The van der Waals surface area contributed by atoms with E-state index in [-0.39, 0.29) is 0 Å². The van der Waals surface area contributed by atoms with Gasteiger partial charge in [-0.2, -0.15) is 13.2 Å². The molecule has 20 heavy (non-hydrogen) atoms. The van der Waals surface area contributed by atoms with Gasteiger partial charge in [0.05, 0.1) is 11.3 Å². The minimum atomic E-state index is -4.35. The fourth-order valence-electron chi connectivity index (χ4n) is 2.05. The molecule has 3 rings (SSSR count). The maximum atomic E-state index is 12.8. The summed E-state index contributed by atoms with van der Waals surface area (Å²) in [7, 11) is 0. The number of thiophene rings is 1. The number of aryl methyl sites for hydroxylation is 1. The van der Waals surface area contributed by atoms with E-state index < -0.39 is 11.7 Å². The van der Waals surface area contributed by atoms with Crippen LogP contribution in [0.5, 0.6) is 0 Å². The lowest BCUT2D eigenvalue weighted by molar-refractivity contribution is -0.137. The molecule has 2 aromatic heterocycles. The van der Waals surface area contributed by atoms with Crippen LogP contribution in [0.25, 0.3) is 21.5 Å². The van der Waals surface area contributed by atoms with E-state index in [4.69, 9.17) is 0 Å². The fourth-order valence-corrected chi connectivity index (χ4v) is 2.90. The van der Waals surface area contributed by atoms with Crippen LogP contribution >= 0.6 is 11.3 Å². The van der Waals surface area contributed by atoms with Crippen LogP contribution < -0.4 is 0 Å². The van der Waals surface area contributed by atoms with E-state index in [1.165, 1.54) is 23.7 Å². The highest BCUT2D eigenvalue weighted by atomic mass is 32.1. The first-order valence-corrected chi connectivity index (χ1v) is 6.65. The molecule has 0 bridgehead atoms. The van der Waals surface area contributed by atoms with Gasteiger partial charge in [0.25, 0.3) is 0 Å². The molecule has 0 atom stereocenters. The summed E-state index contributed by atoms with van der Waals surface area (Å²) in [5, 5.41) is 0.786. The van der Waals surface area contributed by atoms with Crippen molar-refractivity contribution in [3.63, 3.8) is 0 Å². The molecular weight excluding hydrogens is 285 g/mol. The quantitative estimate of drug-likeness (QED) is 0.651. The third-order valence-corrected chi connectivity index (χ3v) is 3.87. The third-order valence-electron chi connectivity index (χ3n) is 2.92. The molecule has 0 radical (unpaired) electrons. The summed E-state index contributed by atoms with van der Waals surface area (Å²) in [6.45, 7) is 1.93. The second-order valence-corrected chi connectivity index (χ2v) is 5.61. The Hall–Kier alpha value is -1.95. The Bertz CT molecular complexity index is 777. The van der Waals surface area contributed by atoms with Crippen LogP contribution in [0.1, 0.15) is 10.4 Å².